The number of amides is 4. The summed E-state index contributed by atoms with van der Waals surface area (Å²) in [7, 11) is 1.85. The van der Waals surface area contributed by atoms with Crippen molar-refractivity contribution in [1.29, 1.82) is 0 Å². The number of nitrogens with one attached hydrogen (secondary N) is 2. The molecule has 0 radical (unpaired) electrons. The fourth-order valence-electron chi connectivity index (χ4n) is 8.84. The van der Waals surface area contributed by atoms with Gasteiger partial charge in [0.05, 0.1) is 23.4 Å². The number of aromatic amines is 1. The van der Waals surface area contributed by atoms with Gasteiger partial charge in [0.2, 0.25) is 17.7 Å². The number of ether oxygens (including phenoxy) is 1. The minimum atomic E-state index is -0.288. The summed E-state index contributed by atoms with van der Waals surface area (Å²) in [6, 6.07) is 15.1. The van der Waals surface area contributed by atoms with Crippen molar-refractivity contribution < 1.29 is 23.9 Å². The fourth-order valence-corrected chi connectivity index (χ4v) is 9.02. The molecule has 7 heterocycles. The lowest BCUT2D eigenvalue weighted by Gasteiger charge is -2.33. The van der Waals surface area contributed by atoms with E-state index in [0.29, 0.717) is 89.7 Å². The second-order valence-corrected chi connectivity index (χ2v) is 15.9. The molecule has 2 N–H and O–H groups in total. The number of piperidine rings is 2. The van der Waals surface area contributed by atoms with Gasteiger partial charge in [-0.1, -0.05) is 23.7 Å². The van der Waals surface area contributed by atoms with E-state index in [1.807, 2.05) is 42.1 Å². The molecule has 4 aliphatic rings. The number of hydrogen-bond donors (Lipinski definition) is 2. The van der Waals surface area contributed by atoms with E-state index in [4.69, 9.17) is 16.3 Å². The molecule has 4 saturated heterocycles. The van der Waals surface area contributed by atoms with Gasteiger partial charge < -0.3 is 24.4 Å². The van der Waals surface area contributed by atoms with E-state index in [1.165, 1.54) is 6.20 Å². The maximum Gasteiger partial charge on any atom is 0.253 e. The summed E-state index contributed by atoms with van der Waals surface area (Å²) >= 11 is 6.53. The maximum atomic E-state index is 13.7. The third-order valence-corrected chi connectivity index (χ3v) is 12.1. The molecule has 4 fully saturated rings. The molecule has 5 aromatic rings. The predicted octanol–water partition coefficient (Wildman–Crippen LogP) is 5.08. The van der Waals surface area contributed by atoms with Crippen LogP contribution in [0.1, 0.15) is 53.2 Å². The zero-order valence-electron chi connectivity index (χ0n) is 31.2. The first-order chi connectivity index (χ1) is 27.1. The monoisotopic (exact) mass is 775 g/mol. The molecule has 14 nitrogen and oxygen atoms in total. The minimum absolute atomic E-state index is 0.0715. The highest BCUT2D eigenvalue weighted by Crippen LogP contribution is 2.38. The lowest BCUT2D eigenvalue weighted by atomic mass is 9.90. The number of H-pyrrole nitrogens is 1. The van der Waals surface area contributed by atoms with Crippen molar-refractivity contribution in [3.05, 3.63) is 82.8 Å². The van der Waals surface area contributed by atoms with Crippen LogP contribution in [0.4, 0.5) is 5.69 Å². The van der Waals surface area contributed by atoms with Gasteiger partial charge in [-0.15, -0.1) is 0 Å². The standard InChI is InChI=1S/C41H42ClN9O5/c1-23-32(22-48(2)47-23)37-45-35-36(33(42)17-43-38(35)46-37)56-30-9-5-25(6-10-30)40(54)49-15-13-26(14-16-49)41(55)51-20-27-18-50(19-28(27)21-51)29-7-3-24(4-8-29)31-11-12-34(52)44-39(31)53/h3-10,17,22,26-28,31H,11-16,18-21H2,1-2H3,(H,43,45,46)(H,44,52,53)/t27?,28?,31-/m0/s1. The van der Waals surface area contributed by atoms with Gasteiger partial charge in [-0.3, -0.25) is 29.2 Å². The summed E-state index contributed by atoms with van der Waals surface area (Å²) < 4.78 is 7.94. The summed E-state index contributed by atoms with van der Waals surface area (Å²) in [5, 5.41) is 7.17. The second-order valence-electron chi connectivity index (χ2n) is 15.5. The number of carbonyl (C=O) groups is 4. The molecule has 3 atom stereocenters. The molecule has 4 aliphatic heterocycles. The van der Waals surface area contributed by atoms with E-state index in [2.05, 4.69) is 42.4 Å². The molecule has 0 saturated carbocycles. The number of aromatic nitrogens is 5. The number of rotatable bonds is 7. The van der Waals surface area contributed by atoms with Crippen LogP contribution in [0.5, 0.6) is 11.5 Å². The van der Waals surface area contributed by atoms with Crippen molar-refractivity contribution >= 4 is 52.1 Å². The van der Waals surface area contributed by atoms with Gasteiger partial charge in [-0.25, -0.2) is 9.97 Å². The summed E-state index contributed by atoms with van der Waals surface area (Å²) in [6.45, 7) is 6.25. The first-order valence-corrected chi connectivity index (χ1v) is 19.5. The highest BCUT2D eigenvalue weighted by Gasteiger charge is 2.43. The summed E-state index contributed by atoms with van der Waals surface area (Å²) in [6.07, 6.45) is 5.58. The van der Waals surface area contributed by atoms with Crippen LogP contribution >= 0.6 is 11.6 Å². The highest BCUT2D eigenvalue weighted by atomic mass is 35.5. The van der Waals surface area contributed by atoms with Crippen molar-refractivity contribution in [2.75, 3.05) is 44.2 Å². The molecular weight excluding hydrogens is 734 g/mol. The summed E-state index contributed by atoms with van der Waals surface area (Å²) in [5.41, 5.74) is 5.30. The highest BCUT2D eigenvalue weighted by molar-refractivity contribution is 6.32. The Morgan fingerprint density at radius 1 is 0.911 bits per heavy atom. The number of aryl methyl sites for hydroxylation is 2. The number of imidazole rings is 1. The van der Waals surface area contributed by atoms with Crippen LogP contribution in [-0.4, -0.2) is 97.4 Å². The van der Waals surface area contributed by atoms with E-state index < -0.39 is 0 Å². The minimum Gasteiger partial charge on any atom is -0.453 e. The molecular formula is C41H42ClN9O5. The molecule has 0 bridgehead atoms. The SMILES string of the molecule is Cc1nn(C)cc1-c1nc2ncc(Cl)c(Oc3ccc(C(=O)N4CCC(C(=O)N5CC6CN(c7ccc([C@@H]8CCC(=O)NC8=O)cc7)CC6C5)CC4)cc3)c2[nH]1. The van der Waals surface area contributed by atoms with Crippen LogP contribution in [-0.2, 0) is 21.4 Å². The maximum absolute atomic E-state index is 13.7. The zero-order chi connectivity index (χ0) is 38.7. The van der Waals surface area contributed by atoms with Gasteiger partial charge in [-0.2, -0.15) is 5.10 Å². The van der Waals surface area contributed by atoms with Crippen molar-refractivity contribution in [2.24, 2.45) is 24.8 Å². The Labute approximate surface area is 328 Å². The number of anilines is 1. The van der Waals surface area contributed by atoms with Crippen LogP contribution in [0.25, 0.3) is 22.6 Å². The lowest BCUT2D eigenvalue weighted by Crippen LogP contribution is -2.44. The number of nitrogens with zero attached hydrogens (tertiary/aromatic N) is 7. The predicted molar refractivity (Wildman–Crippen MR) is 208 cm³/mol. The van der Waals surface area contributed by atoms with Crippen LogP contribution < -0.4 is 15.0 Å². The molecule has 56 heavy (non-hydrogen) atoms. The summed E-state index contributed by atoms with van der Waals surface area (Å²) in [5.74, 6) is 1.67. The Morgan fingerprint density at radius 2 is 1.62 bits per heavy atom. The van der Waals surface area contributed by atoms with E-state index in [-0.39, 0.29) is 35.5 Å². The third kappa shape index (κ3) is 6.76. The van der Waals surface area contributed by atoms with E-state index in [1.54, 1.807) is 28.9 Å². The van der Waals surface area contributed by atoms with Crippen molar-refractivity contribution in [3.8, 4) is 22.9 Å². The first kappa shape index (κ1) is 35.9. The number of fused-ring (bicyclic) bond motifs is 2. The fraction of sp³-hybridized carbons (Fsp3) is 0.390. The number of pyridine rings is 1. The first-order valence-electron chi connectivity index (χ1n) is 19.2. The number of likely N-dealkylation sites (tertiary alicyclic amines) is 2. The lowest BCUT2D eigenvalue weighted by molar-refractivity contribution is -0.136. The molecule has 2 aromatic carbocycles. The average Bonchev–Trinajstić information content (AvgIpc) is 3.98. The number of hydrogen-bond acceptors (Lipinski definition) is 9. The second kappa shape index (κ2) is 14.4. The molecule has 3 aromatic heterocycles. The Bertz CT molecular complexity index is 2340. The largest absolute Gasteiger partial charge is 0.453 e. The van der Waals surface area contributed by atoms with E-state index in [0.717, 1.165) is 48.7 Å². The van der Waals surface area contributed by atoms with Crippen molar-refractivity contribution in [3.63, 3.8) is 0 Å². The van der Waals surface area contributed by atoms with Crippen molar-refractivity contribution in [2.45, 2.75) is 38.5 Å². The van der Waals surface area contributed by atoms with Crippen LogP contribution in [0, 0.1) is 24.7 Å². The van der Waals surface area contributed by atoms with E-state index >= 15 is 0 Å². The number of benzene rings is 2. The smallest absolute Gasteiger partial charge is 0.253 e. The molecule has 9 rings (SSSR count). The topological polar surface area (TPSA) is 159 Å². The zero-order valence-corrected chi connectivity index (χ0v) is 32.0. The van der Waals surface area contributed by atoms with Gasteiger partial charge in [-0.05, 0) is 68.1 Å². The average molecular weight is 776 g/mol. The normalized spacial score (nSPS) is 21.5. The molecule has 0 aliphatic carbocycles. The van der Waals surface area contributed by atoms with Crippen LogP contribution in [0.15, 0.2) is 60.9 Å². The van der Waals surface area contributed by atoms with Crippen LogP contribution in [0.3, 0.4) is 0 Å². The van der Waals surface area contributed by atoms with Gasteiger partial charge in [0, 0.05) is 87.9 Å². The molecule has 2 unspecified atom stereocenters. The van der Waals surface area contributed by atoms with Gasteiger partial charge in [0.25, 0.3) is 5.91 Å². The Kier molecular flexibility index (Phi) is 9.23. The number of halogens is 1. The molecule has 288 valence electrons. The summed E-state index contributed by atoms with van der Waals surface area (Å²) in [4.78, 5) is 69.5. The van der Waals surface area contributed by atoms with Gasteiger partial charge >= 0.3 is 0 Å². The Balaban J connectivity index is 0.765. The molecule has 15 heteroatoms. The van der Waals surface area contributed by atoms with Crippen LogP contribution in [0.2, 0.25) is 5.02 Å². The molecule has 4 amide bonds. The van der Waals surface area contributed by atoms with E-state index in [9.17, 15) is 19.2 Å². The number of imide groups is 1. The van der Waals surface area contributed by atoms with Gasteiger partial charge in [0.15, 0.2) is 11.4 Å². The van der Waals surface area contributed by atoms with Crippen molar-refractivity contribution in [1.82, 2.24) is 39.8 Å². The molecule has 0 spiro atoms. The number of carbonyl (C=O) groups excluding carboxylic acids is 4. The third-order valence-electron chi connectivity index (χ3n) is 11.8. The quantitative estimate of drug-likeness (QED) is 0.215. The Hall–Kier alpha value is -5.76. The van der Waals surface area contributed by atoms with Gasteiger partial charge in [0.1, 0.15) is 22.1 Å². The Morgan fingerprint density at radius 3 is 2.29 bits per heavy atom.